The van der Waals surface area contributed by atoms with Crippen molar-refractivity contribution in [2.45, 2.75) is 26.6 Å². The largest absolute Gasteiger partial charge is 0.496 e. The van der Waals surface area contributed by atoms with E-state index in [0.717, 1.165) is 50.0 Å². The number of methoxy groups -OCH3 is 1. The molecule has 6 nitrogen and oxygen atoms in total. The van der Waals surface area contributed by atoms with Crippen LogP contribution in [0.2, 0.25) is 0 Å². The number of nitrogens with one attached hydrogen (secondary N) is 2. The summed E-state index contributed by atoms with van der Waals surface area (Å²) in [6, 6.07) is 16.9. The Balaban J connectivity index is 0.00000341. The minimum atomic E-state index is 0. The van der Waals surface area contributed by atoms with Crippen LogP contribution < -0.4 is 15.4 Å². The number of benzene rings is 2. The van der Waals surface area contributed by atoms with Crippen LogP contribution in [0, 0.1) is 0 Å². The first kappa shape index (κ1) is 25.4. The van der Waals surface area contributed by atoms with E-state index in [1.165, 1.54) is 24.2 Å². The second-order valence-corrected chi connectivity index (χ2v) is 7.62. The summed E-state index contributed by atoms with van der Waals surface area (Å²) in [5.74, 6) is 1.66. The number of likely N-dealkylation sites (N-methyl/N-ethyl adjacent to an activating group) is 1. The third-order valence-electron chi connectivity index (χ3n) is 5.66. The highest BCUT2D eigenvalue weighted by Crippen LogP contribution is 2.16. The lowest BCUT2D eigenvalue weighted by molar-refractivity contribution is 0.132. The van der Waals surface area contributed by atoms with Crippen molar-refractivity contribution < 1.29 is 4.74 Å². The summed E-state index contributed by atoms with van der Waals surface area (Å²) in [5, 5.41) is 6.74. The Hall–Kier alpha value is -1.84. The Bertz CT molecular complexity index is 804. The van der Waals surface area contributed by atoms with Gasteiger partial charge in [-0.15, -0.1) is 24.0 Å². The number of guanidine groups is 1. The van der Waals surface area contributed by atoms with Crippen molar-refractivity contribution >= 4 is 29.9 Å². The van der Waals surface area contributed by atoms with Crippen LogP contribution >= 0.6 is 24.0 Å². The van der Waals surface area contributed by atoms with Crippen LogP contribution in [0.15, 0.2) is 53.5 Å². The lowest BCUT2D eigenvalue weighted by Gasteiger charge is -2.34. The quantitative estimate of drug-likeness (QED) is 0.308. The van der Waals surface area contributed by atoms with Gasteiger partial charge in [0.1, 0.15) is 5.75 Å². The van der Waals surface area contributed by atoms with E-state index in [9.17, 15) is 0 Å². The summed E-state index contributed by atoms with van der Waals surface area (Å²) in [6.07, 6.45) is 0. The highest BCUT2D eigenvalue weighted by atomic mass is 127. The molecule has 0 atom stereocenters. The molecule has 0 unspecified atom stereocenters. The number of para-hydroxylation sites is 1. The molecule has 0 radical (unpaired) electrons. The first-order chi connectivity index (χ1) is 14.7. The fourth-order valence-corrected chi connectivity index (χ4v) is 3.72. The summed E-state index contributed by atoms with van der Waals surface area (Å²) in [7, 11) is 3.49. The van der Waals surface area contributed by atoms with Crippen LogP contribution in [0.1, 0.15) is 23.6 Å². The van der Waals surface area contributed by atoms with E-state index in [4.69, 9.17) is 4.74 Å². The van der Waals surface area contributed by atoms with E-state index in [1.54, 1.807) is 14.2 Å². The second kappa shape index (κ2) is 13.5. The number of aliphatic imine (C=N–C) groups is 1. The van der Waals surface area contributed by atoms with Gasteiger partial charge in [0, 0.05) is 58.4 Å². The van der Waals surface area contributed by atoms with Gasteiger partial charge < -0.3 is 20.3 Å². The van der Waals surface area contributed by atoms with Crippen molar-refractivity contribution in [1.29, 1.82) is 0 Å². The van der Waals surface area contributed by atoms with E-state index in [1.807, 2.05) is 18.2 Å². The van der Waals surface area contributed by atoms with Gasteiger partial charge in [-0.2, -0.15) is 0 Å². The SMILES string of the molecule is CCN1CCN(Cc2ccc(CNC(=NC)NCc3ccccc3OC)cc2)CC1.I. The average Bonchev–Trinajstić information content (AvgIpc) is 2.81. The van der Waals surface area contributed by atoms with Gasteiger partial charge in [-0.25, -0.2) is 0 Å². The predicted molar refractivity (Wildman–Crippen MR) is 139 cm³/mol. The maximum absolute atomic E-state index is 5.41. The van der Waals surface area contributed by atoms with Crippen LogP contribution in [0.4, 0.5) is 0 Å². The standard InChI is InChI=1S/C24H35N5O.HI/c1-4-28-13-15-29(16-14-28)19-21-11-9-20(10-12-21)17-26-24(25-2)27-18-22-7-5-6-8-23(22)30-3;/h5-12H,4,13-19H2,1-3H3,(H2,25,26,27);1H. The third-order valence-corrected chi connectivity index (χ3v) is 5.66. The molecule has 1 saturated heterocycles. The molecule has 2 aromatic rings. The fraction of sp³-hybridized carbons (Fsp3) is 0.458. The lowest BCUT2D eigenvalue weighted by atomic mass is 10.1. The highest BCUT2D eigenvalue weighted by Gasteiger charge is 2.15. The number of hydrogen-bond donors (Lipinski definition) is 2. The Morgan fingerprint density at radius 3 is 2.16 bits per heavy atom. The molecule has 1 aliphatic heterocycles. The molecule has 0 amide bonds. The van der Waals surface area contributed by atoms with Gasteiger partial charge in [0.2, 0.25) is 0 Å². The number of piperazine rings is 1. The van der Waals surface area contributed by atoms with E-state index < -0.39 is 0 Å². The molecule has 0 aromatic heterocycles. The molecule has 1 aliphatic rings. The molecule has 1 fully saturated rings. The fourth-order valence-electron chi connectivity index (χ4n) is 3.72. The van der Waals surface area contributed by atoms with Crippen molar-refractivity contribution in [3.8, 4) is 5.75 Å². The molecule has 2 aromatic carbocycles. The maximum Gasteiger partial charge on any atom is 0.191 e. The Morgan fingerprint density at radius 2 is 1.52 bits per heavy atom. The zero-order valence-electron chi connectivity index (χ0n) is 18.9. The normalized spacial score (nSPS) is 15.3. The van der Waals surface area contributed by atoms with Gasteiger partial charge in [0.05, 0.1) is 7.11 Å². The molecule has 0 aliphatic carbocycles. The molecule has 1 heterocycles. The molecule has 0 spiro atoms. The van der Waals surface area contributed by atoms with Gasteiger partial charge in [-0.1, -0.05) is 49.4 Å². The molecular weight excluding hydrogens is 501 g/mol. The average molecular weight is 537 g/mol. The van der Waals surface area contributed by atoms with Crippen LogP contribution in [-0.2, 0) is 19.6 Å². The minimum absolute atomic E-state index is 0. The van der Waals surface area contributed by atoms with Crippen molar-refractivity contribution in [1.82, 2.24) is 20.4 Å². The molecule has 170 valence electrons. The van der Waals surface area contributed by atoms with Gasteiger partial charge in [0.15, 0.2) is 5.96 Å². The van der Waals surface area contributed by atoms with Gasteiger partial charge in [-0.3, -0.25) is 9.89 Å². The molecular formula is C24H36IN5O. The maximum atomic E-state index is 5.41. The van der Waals surface area contributed by atoms with E-state index in [0.29, 0.717) is 6.54 Å². The number of nitrogens with zero attached hydrogens (tertiary/aromatic N) is 3. The number of ether oxygens (including phenoxy) is 1. The first-order valence-electron chi connectivity index (χ1n) is 10.8. The monoisotopic (exact) mass is 537 g/mol. The molecule has 0 bridgehead atoms. The summed E-state index contributed by atoms with van der Waals surface area (Å²) in [5.41, 5.74) is 3.73. The topological polar surface area (TPSA) is 52.1 Å². The van der Waals surface area contributed by atoms with Crippen molar-refractivity contribution in [2.75, 3.05) is 46.9 Å². The summed E-state index contributed by atoms with van der Waals surface area (Å²) >= 11 is 0. The van der Waals surface area contributed by atoms with Gasteiger partial charge in [-0.05, 0) is 23.7 Å². The highest BCUT2D eigenvalue weighted by molar-refractivity contribution is 14.0. The third kappa shape index (κ3) is 7.97. The predicted octanol–water partition coefficient (Wildman–Crippen LogP) is 3.32. The van der Waals surface area contributed by atoms with E-state index in [2.05, 4.69) is 62.7 Å². The Labute approximate surface area is 204 Å². The van der Waals surface area contributed by atoms with Crippen LogP contribution in [0.5, 0.6) is 5.75 Å². The van der Waals surface area contributed by atoms with Crippen LogP contribution in [-0.4, -0.2) is 62.6 Å². The summed E-state index contributed by atoms with van der Waals surface area (Å²) < 4.78 is 5.41. The molecule has 31 heavy (non-hydrogen) atoms. The van der Waals surface area contributed by atoms with E-state index in [-0.39, 0.29) is 24.0 Å². The van der Waals surface area contributed by atoms with Crippen molar-refractivity contribution in [3.05, 3.63) is 65.2 Å². The van der Waals surface area contributed by atoms with Gasteiger partial charge in [0.25, 0.3) is 0 Å². The van der Waals surface area contributed by atoms with Crippen LogP contribution in [0.3, 0.4) is 0 Å². The molecule has 0 saturated carbocycles. The van der Waals surface area contributed by atoms with Crippen LogP contribution in [0.25, 0.3) is 0 Å². The molecule has 3 rings (SSSR count). The smallest absolute Gasteiger partial charge is 0.191 e. The van der Waals surface area contributed by atoms with E-state index >= 15 is 0 Å². The van der Waals surface area contributed by atoms with Gasteiger partial charge >= 0.3 is 0 Å². The zero-order valence-corrected chi connectivity index (χ0v) is 21.3. The minimum Gasteiger partial charge on any atom is -0.496 e. The first-order valence-corrected chi connectivity index (χ1v) is 10.8. The summed E-state index contributed by atoms with van der Waals surface area (Å²) in [6.45, 7) is 10.5. The van der Waals surface area contributed by atoms with Crippen molar-refractivity contribution in [3.63, 3.8) is 0 Å². The number of rotatable bonds is 8. The van der Waals surface area contributed by atoms with Crippen molar-refractivity contribution in [2.24, 2.45) is 4.99 Å². The number of hydrogen-bond acceptors (Lipinski definition) is 4. The molecule has 2 N–H and O–H groups in total. The Morgan fingerprint density at radius 1 is 0.903 bits per heavy atom. The second-order valence-electron chi connectivity index (χ2n) is 7.62. The molecule has 7 heteroatoms. The number of halogens is 1. The summed E-state index contributed by atoms with van der Waals surface area (Å²) in [4.78, 5) is 9.38. The lowest BCUT2D eigenvalue weighted by Crippen LogP contribution is -2.45. The zero-order chi connectivity index (χ0) is 21.2. The Kier molecular flexibility index (Phi) is 11.1.